The zero-order chi connectivity index (χ0) is 19.6. The monoisotopic (exact) mass is 368 g/mol. The maximum absolute atomic E-state index is 11.9. The smallest absolute Gasteiger partial charge is 0.331 e. The SMILES string of the molecule is CC(C)OC(=O)/C=C/c1ccc2c(c1)C(C(=O)O)C(c1ccc(O)cc1)O2. The van der Waals surface area contributed by atoms with E-state index in [4.69, 9.17) is 9.47 Å². The molecule has 1 aliphatic rings. The molecule has 0 radical (unpaired) electrons. The van der Waals surface area contributed by atoms with E-state index in [2.05, 4.69) is 0 Å². The van der Waals surface area contributed by atoms with Gasteiger partial charge in [-0.1, -0.05) is 18.2 Å². The number of carboxylic acid groups (broad SMARTS) is 1. The van der Waals surface area contributed by atoms with Gasteiger partial charge < -0.3 is 19.7 Å². The molecule has 140 valence electrons. The predicted molar refractivity (Wildman–Crippen MR) is 98.6 cm³/mol. The zero-order valence-electron chi connectivity index (χ0n) is 15.0. The molecule has 0 fully saturated rings. The van der Waals surface area contributed by atoms with Gasteiger partial charge in [0.1, 0.15) is 23.5 Å². The number of aromatic hydroxyl groups is 1. The number of hydrogen-bond donors (Lipinski definition) is 2. The second-order valence-corrected chi connectivity index (χ2v) is 6.56. The standard InChI is InChI=1S/C21H20O6/c1-12(2)26-18(23)10-4-13-3-9-17-16(11-13)19(21(24)25)20(27-17)14-5-7-15(22)8-6-14/h3-12,19-20,22H,1-2H3,(H,24,25)/b10-4+. The van der Waals surface area contributed by atoms with E-state index in [1.807, 2.05) is 0 Å². The van der Waals surface area contributed by atoms with Crippen LogP contribution in [0.1, 0.15) is 42.6 Å². The van der Waals surface area contributed by atoms with E-state index in [0.29, 0.717) is 22.4 Å². The number of ether oxygens (including phenoxy) is 2. The molecule has 6 heteroatoms. The lowest BCUT2D eigenvalue weighted by atomic mass is 9.90. The highest BCUT2D eigenvalue weighted by atomic mass is 16.5. The third-order valence-electron chi connectivity index (χ3n) is 4.18. The van der Waals surface area contributed by atoms with Crippen molar-refractivity contribution < 1.29 is 29.3 Å². The minimum absolute atomic E-state index is 0.0989. The van der Waals surface area contributed by atoms with Crippen LogP contribution in [0.25, 0.3) is 6.08 Å². The van der Waals surface area contributed by atoms with Gasteiger partial charge in [0.25, 0.3) is 0 Å². The molecule has 3 rings (SSSR count). The minimum Gasteiger partial charge on any atom is -0.508 e. The van der Waals surface area contributed by atoms with Gasteiger partial charge in [-0.25, -0.2) is 4.79 Å². The molecule has 0 saturated heterocycles. The van der Waals surface area contributed by atoms with Gasteiger partial charge >= 0.3 is 11.9 Å². The number of fused-ring (bicyclic) bond motifs is 1. The average Bonchev–Trinajstić information content (AvgIpc) is 2.99. The normalized spacial score (nSPS) is 18.3. The number of benzene rings is 2. The summed E-state index contributed by atoms with van der Waals surface area (Å²) in [4.78, 5) is 23.5. The summed E-state index contributed by atoms with van der Waals surface area (Å²) in [6.07, 6.45) is 1.99. The fourth-order valence-electron chi connectivity index (χ4n) is 3.01. The number of rotatable bonds is 5. The van der Waals surface area contributed by atoms with Crippen molar-refractivity contribution in [2.24, 2.45) is 0 Å². The quantitative estimate of drug-likeness (QED) is 0.618. The zero-order valence-corrected chi connectivity index (χ0v) is 15.0. The van der Waals surface area contributed by atoms with Crippen molar-refractivity contribution >= 4 is 18.0 Å². The number of phenols is 1. The van der Waals surface area contributed by atoms with Crippen molar-refractivity contribution in [1.29, 1.82) is 0 Å². The van der Waals surface area contributed by atoms with E-state index >= 15 is 0 Å². The maximum atomic E-state index is 11.9. The van der Waals surface area contributed by atoms with E-state index in [1.165, 1.54) is 18.2 Å². The Morgan fingerprint density at radius 1 is 1.15 bits per heavy atom. The van der Waals surface area contributed by atoms with Gasteiger partial charge in [-0.05, 0) is 55.3 Å². The molecule has 1 aliphatic heterocycles. The van der Waals surface area contributed by atoms with E-state index in [1.54, 1.807) is 50.3 Å². The first-order valence-corrected chi connectivity index (χ1v) is 8.56. The summed E-state index contributed by atoms with van der Waals surface area (Å²) in [6.45, 7) is 3.53. The topological polar surface area (TPSA) is 93.1 Å². The number of carbonyl (C=O) groups excluding carboxylic acids is 1. The molecule has 0 amide bonds. The molecule has 2 N–H and O–H groups in total. The Morgan fingerprint density at radius 2 is 1.85 bits per heavy atom. The highest BCUT2D eigenvalue weighted by molar-refractivity contribution is 5.87. The number of carboxylic acids is 1. The van der Waals surface area contributed by atoms with Crippen molar-refractivity contribution in [1.82, 2.24) is 0 Å². The molecule has 2 atom stereocenters. The van der Waals surface area contributed by atoms with Crippen LogP contribution in [-0.2, 0) is 14.3 Å². The molecule has 0 aromatic heterocycles. The van der Waals surface area contributed by atoms with Crippen LogP contribution in [0.5, 0.6) is 11.5 Å². The molecule has 2 aromatic carbocycles. The molecular formula is C21H20O6. The van der Waals surface area contributed by atoms with Crippen LogP contribution in [0.15, 0.2) is 48.5 Å². The second-order valence-electron chi connectivity index (χ2n) is 6.56. The van der Waals surface area contributed by atoms with Crippen LogP contribution in [0.2, 0.25) is 0 Å². The van der Waals surface area contributed by atoms with Crippen LogP contribution in [0, 0.1) is 0 Å². The van der Waals surface area contributed by atoms with Crippen LogP contribution >= 0.6 is 0 Å². The molecule has 0 spiro atoms. The summed E-state index contributed by atoms with van der Waals surface area (Å²) in [5.74, 6) is -1.77. The highest BCUT2D eigenvalue weighted by Gasteiger charge is 2.40. The number of carbonyl (C=O) groups is 2. The summed E-state index contributed by atoms with van der Waals surface area (Å²) in [5, 5.41) is 19.2. The molecule has 2 unspecified atom stereocenters. The fourth-order valence-corrected chi connectivity index (χ4v) is 3.01. The molecule has 6 nitrogen and oxygen atoms in total. The maximum Gasteiger partial charge on any atom is 0.331 e. The van der Waals surface area contributed by atoms with Crippen molar-refractivity contribution in [3.63, 3.8) is 0 Å². The summed E-state index contributed by atoms with van der Waals surface area (Å²) < 4.78 is 10.9. The Morgan fingerprint density at radius 3 is 2.48 bits per heavy atom. The first-order valence-electron chi connectivity index (χ1n) is 8.56. The van der Waals surface area contributed by atoms with E-state index in [-0.39, 0.29) is 11.9 Å². The minimum atomic E-state index is -1.01. The van der Waals surface area contributed by atoms with E-state index in [0.717, 1.165) is 0 Å². The Hall–Kier alpha value is -3.28. The summed E-state index contributed by atoms with van der Waals surface area (Å²) in [7, 11) is 0. The number of esters is 1. The van der Waals surface area contributed by atoms with Gasteiger partial charge in [-0.2, -0.15) is 0 Å². The third kappa shape index (κ3) is 4.11. The van der Waals surface area contributed by atoms with Crippen molar-refractivity contribution in [3.8, 4) is 11.5 Å². The lowest BCUT2D eigenvalue weighted by Gasteiger charge is -2.16. The van der Waals surface area contributed by atoms with Crippen LogP contribution in [0.4, 0.5) is 0 Å². The molecule has 0 bridgehead atoms. The fraction of sp³-hybridized carbons (Fsp3) is 0.238. The Kier molecular flexibility index (Phi) is 5.16. The van der Waals surface area contributed by atoms with Gasteiger partial charge in [0, 0.05) is 11.6 Å². The lowest BCUT2D eigenvalue weighted by Crippen LogP contribution is -2.18. The second kappa shape index (κ2) is 7.53. The first kappa shape index (κ1) is 18.5. The summed E-state index contributed by atoms with van der Waals surface area (Å²) in [5.41, 5.74) is 1.88. The summed E-state index contributed by atoms with van der Waals surface area (Å²) >= 11 is 0. The molecule has 1 heterocycles. The summed E-state index contributed by atoms with van der Waals surface area (Å²) in [6, 6.07) is 11.4. The molecule has 0 saturated carbocycles. The van der Waals surface area contributed by atoms with Crippen molar-refractivity contribution in [2.45, 2.75) is 32.0 Å². The van der Waals surface area contributed by atoms with Crippen LogP contribution in [-0.4, -0.2) is 28.3 Å². The Labute approximate surface area is 156 Å². The molecule has 0 aliphatic carbocycles. The molecule has 2 aromatic rings. The Bertz CT molecular complexity index is 882. The van der Waals surface area contributed by atoms with E-state index in [9.17, 15) is 19.8 Å². The van der Waals surface area contributed by atoms with Gasteiger partial charge in [0.05, 0.1) is 6.10 Å². The van der Waals surface area contributed by atoms with Gasteiger partial charge in [0.15, 0.2) is 0 Å². The van der Waals surface area contributed by atoms with Crippen LogP contribution < -0.4 is 4.74 Å². The van der Waals surface area contributed by atoms with Crippen LogP contribution in [0.3, 0.4) is 0 Å². The number of aliphatic carboxylic acids is 1. The van der Waals surface area contributed by atoms with Gasteiger partial charge in [-0.3, -0.25) is 4.79 Å². The van der Waals surface area contributed by atoms with E-state index < -0.39 is 24.0 Å². The van der Waals surface area contributed by atoms with Gasteiger partial charge in [0.2, 0.25) is 0 Å². The molecular weight excluding hydrogens is 348 g/mol. The number of phenolic OH excluding ortho intramolecular Hbond substituents is 1. The van der Waals surface area contributed by atoms with Crippen molar-refractivity contribution in [2.75, 3.05) is 0 Å². The lowest BCUT2D eigenvalue weighted by molar-refractivity contribution is -0.141. The number of hydrogen-bond acceptors (Lipinski definition) is 5. The van der Waals surface area contributed by atoms with Gasteiger partial charge in [-0.15, -0.1) is 0 Å². The largest absolute Gasteiger partial charge is 0.508 e. The highest BCUT2D eigenvalue weighted by Crippen LogP contribution is 2.46. The third-order valence-corrected chi connectivity index (χ3v) is 4.18. The van der Waals surface area contributed by atoms with Crippen molar-refractivity contribution in [3.05, 3.63) is 65.2 Å². The molecule has 27 heavy (non-hydrogen) atoms. The Balaban J connectivity index is 1.88. The average molecular weight is 368 g/mol. The first-order chi connectivity index (χ1) is 12.8. The predicted octanol–water partition coefficient (Wildman–Crippen LogP) is 3.66.